The summed E-state index contributed by atoms with van der Waals surface area (Å²) in [5.74, 6) is -2.03. The number of carbonyl (C=O) groups excluding carboxylic acids is 1. The van der Waals surface area contributed by atoms with E-state index in [1.807, 2.05) is 10.6 Å². The lowest BCUT2D eigenvalue weighted by atomic mass is 10.1. The molecule has 20 heavy (non-hydrogen) atoms. The van der Waals surface area contributed by atoms with Gasteiger partial charge in [-0.15, -0.1) is 0 Å². The summed E-state index contributed by atoms with van der Waals surface area (Å²) in [5.41, 5.74) is 1.98. The maximum atomic E-state index is 13.2. The van der Waals surface area contributed by atoms with Gasteiger partial charge in [-0.1, -0.05) is 17.7 Å². The quantitative estimate of drug-likeness (QED) is 0.790. The third kappa shape index (κ3) is 2.24. The molecule has 104 valence electrons. The first-order valence-corrected chi connectivity index (χ1v) is 6.79. The van der Waals surface area contributed by atoms with Crippen molar-refractivity contribution >= 4 is 17.4 Å². The smallest absolute Gasteiger partial charge is 0.185 e. The number of carbonyl (C=O) groups is 1. The van der Waals surface area contributed by atoms with Gasteiger partial charge >= 0.3 is 0 Å². The Balaban J connectivity index is 1.88. The average Bonchev–Trinajstić information content (AvgIpc) is 2.93. The average molecular weight is 296 g/mol. The molecule has 1 aromatic carbocycles. The first kappa shape index (κ1) is 13.3. The molecule has 0 saturated carbocycles. The van der Waals surface area contributed by atoms with E-state index in [-0.39, 0.29) is 12.2 Å². The van der Waals surface area contributed by atoms with Crippen molar-refractivity contribution in [3.05, 3.63) is 57.9 Å². The highest BCUT2D eigenvalue weighted by molar-refractivity contribution is 6.34. The molecule has 1 aromatic heterocycles. The number of ketones is 1. The second-order valence-corrected chi connectivity index (χ2v) is 5.34. The Labute approximate surface area is 120 Å². The first-order valence-electron chi connectivity index (χ1n) is 6.41. The monoisotopic (exact) mass is 295 g/mol. The van der Waals surface area contributed by atoms with Gasteiger partial charge in [-0.25, -0.2) is 8.78 Å². The zero-order chi connectivity index (χ0) is 14.3. The Morgan fingerprint density at radius 3 is 2.80 bits per heavy atom. The van der Waals surface area contributed by atoms with E-state index in [4.69, 9.17) is 11.6 Å². The van der Waals surface area contributed by atoms with Crippen LogP contribution in [-0.2, 0) is 19.4 Å². The minimum atomic E-state index is -0.943. The summed E-state index contributed by atoms with van der Waals surface area (Å²) in [4.78, 5) is 12.3. The molecule has 0 N–H and O–H groups in total. The molecule has 0 saturated heterocycles. The Kier molecular flexibility index (Phi) is 3.34. The number of fused-ring (bicyclic) bond motifs is 1. The predicted molar refractivity (Wildman–Crippen MR) is 72.2 cm³/mol. The van der Waals surface area contributed by atoms with Crippen LogP contribution in [0.1, 0.15) is 28.2 Å². The second-order valence-electron chi connectivity index (χ2n) is 4.94. The summed E-state index contributed by atoms with van der Waals surface area (Å²) in [6.45, 7) is 0.779. The molecule has 0 aliphatic carbocycles. The Morgan fingerprint density at radius 2 is 2.05 bits per heavy atom. The van der Waals surface area contributed by atoms with Gasteiger partial charge in [0.25, 0.3) is 0 Å². The summed E-state index contributed by atoms with van der Waals surface area (Å²) in [7, 11) is 0. The summed E-state index contributed by atoms with van der Waals surface area (Å²) in [6.07, 6.45) is 1.93. The van der Waals surface area contributed by atoms with Crippen molar-refractivity contribution in [1.82, 2.24) is 4.57 Å². The van der Waals surface area contributed by atoms with Crippen LogP contribution in [0.4, 0.5) is 8.78 Å². The van der Waals surface area contributed by atoms with E-state index in [1.165, 1.54) is 6.07 Å². The summed E-state index contributed by atoms with van der Waals surface area (Å²) in [5, 5.41) is 0.437. The summed E-state index contributed by atoms with van der Waals surface area (Å²) >= 11 is 6.10. The van der Waals surface area contributed by atoms with Crippen LogP contribution in [0, 0.1) is 11.6 Å². The normalized spacial score (nSPS) is 13.6. The van der Waals surface area contributed by atoms with Crippen molar-refractivity contribution in [2.75, 3.05) is 0 Å². The summed E-state index contributed by atoms with van der Waals surface area (Å²) in [6, 6.07) is 5.31. The Morgan fingerprint density at radius 1 is 1.25 bits per heavy atom. The minimum Gasteiger partial charge on any atom is -0.341 e. The van der Waals surface area contributed by atoms with E-state index in [0.29, 0.717) is 16.3 Å². The Hall–Kier alpha value is -1.68. The lowest BCUT2D eigenvalue weighted by molar-refractivity contribution is 0.0984. The molecule has 2 nitrogen and oxygen atoms in total. The minimum absolute atomic E-state index is 0.0143. The fourth-order valence-corrected chi connectivity index (χ4v) is 2.98. The van der Waals surface area contributed by atoms with Gasteiger partial charge in [0.2, 0.25) is 0 Å². The molecule has 0 radical (unpaired) electrons. The van der Waals surface area contributed by atoms with Crippen LogP contribution >= 0.6 is 11.6 Å². The van der Waals surface area contributed by atoms with Gasteiger partial charge in [0.05, 0.1) is 5.02 Å². The molecular weight excluding hydrogens is 284 g/mol. The van der Waals surface area contributed by atoms with E-state index < -0.39 is 11.6 Å². The van der Waals surface area contributed by atoms with Crippen LogP contribution in [0.2, 0.25) is 5.02 Å². The number of Topliss-reactive ketones (excluding diaryl/α,β-unsaturated/α-hetero) is 1. The van der Waals surface area contributed by atoms with Gasteiger partial charge in [-0.05, 0) is 36.6 Å². The van der Waals surface area contributed by atoms with E-state index >= 15 is 0 Å². The van der Waals surface area contributed by atoms with Crippen LogP contribution in [-0.4, -0.2) is 10.4 Å². The molecule has 0 amide bonds. The fourth-order valence-electron chi connectivity index (χ4n) is 2.65. The number of aryl methyl sites for hydroxylation is 1. The molecule has 3 rings (SSSR count). The number of hydrogen-bond acceptors (Lipinski definition) is 1. The molecule has 2 aromatic rings. The van der Waals surface area contributed by atoms with Crippen LogP contribution < -0.4 is 0 Å². The van der Waals surface area contributed by atoms with E-state index in [1.54, 1.807) is 0 Å². The van der Waals surface area contributed by atoms with Crippen molar-refractivity contribution in [2.24, 2.45) is 0 Å². The maximum Gasteiger partial charge on any atom is 0.185 e. The van der Waals surface area contributed by atoms with Crippen molar-refractivity contribution in [2.45, 2.75) is 25.8 Å². The molecule has 0 atom stereocenters. The number of rotatable bonds is 3. The molecule has 1 aliphatic rings. The predicted octanol–water partition coefficient (Wildman–Crippen LogP) is 3.79. The van der Waals surface area contributed by atoms with Gasteiger partial charge in [0.1, 0.15) is 5.69 Å². The standard InChI is InChI=1S/C15H12ClF2NO/c16-11-8-10-2-1-5-19(10)15(11)14(20)7-9-3-4-12(17)13(18)6-9/h3-4,6,8H,1-2,5,7H2. The molecule has 5 heteroatoms. The number of aromatic nitrogens is 1. The molecule has 0 fully saturated rings. The van der Waals surface area contributed by atoms with Crippen LogP contribution in [0.3, 0.4) is 0 Å². The molecule has 0 bridgehead atoms. The van der Waals surface area contributed by atoms with Crippen LogP contribution in [0.25, 0.3) is 0 Å². The second kappa shape index (κ2) is 5.02. The highest BCUT2D eigenvalue weighted by atomic mass is 35.5. The fraction of sp³-hybridized carbons (Fsp3) is 0.267. The lowest BCUT2D eigenvalue weighted by Gasteiger charge is -2.06. The zero-order valence-electron chi connectivity index (χ0n) is 10.6. The van der Waals surface area contributed by atoms with Gasteiger partial charge in [0.15, 0.2) is 17.4 Å². The molecule has 0 unspecified atom stereocenters. The lowest BCUT2D eigenvalue weighted by Crippen LogP contribution is -2.11. The van der Waals surface area contributed by atoms with Crippen LogP contribution in [0.5, 0.6) is 0 Å². The first-order chi connectivity index (χ1) is 9.56. The van der Waals surface area contributed by atoms with Gasteiger partial charge in [0, 0.05) is 18.7 Å². The molecular formula is C15H12ClF2NO. The van der Waals surface area contributed by atoms with Crippen molar-refractivity contribution in [3.63, 3.8) is 0 Å². The number of nitrogens with zero attached hydrogens (tertiary/aromatic N) is 1. The molecule has 0 spiro atoms. The number of halogens is 3. The van der Waals surface area contributed by atoms with Crippen LogP contribution in [0.15, 0.2) is 24.3 Å². The van der Waals surface area contributed by atoms with Crippen molar-refractivity contribution in [3.8, 4) is 0 Å². The topological polar surface area (TPSA) is 22.0 Å². The third-order valence-corrected chi connectivity index (χ3v) is 3.85. The maximum absolute atomic E-state index is 13.2. The van der Waals surface area contributed by atoms with Crippen molar-refractivity contribution < 1.29 is 13.6 Å². The van der Waals surface area contributed by atoms with Gasteiger partial charge < -0.3 is 4.57 Å². The van der Waals surface area contributed by atoms with Crippen molar-refractivity contribution in [1.29, 1.82) is 0 Å². The zero-order valence-corrected chi connectivity index (χ0v) is 11.4. The largest absolute Gasteiger partial charge is 0.341 e. The van der Waals surface area contributed by atoms with E-state index in [2.05, 4.69) is 0 Å². The highest BCUT2D eigenvalue weighted by Crippen LogP contribution is 2.28. The Bertz CT molecular complexity index is 693. The highest BCUT2D eigenvalue weighted by Gasteiger charge is 2.23. The number of hydrogen-bond donors (Lipinski definition) is 0. The SMILES string of the molecule is O=C(Cc1ccc(F)c(F)c1)c1c(Cl)cc2n1CCC2. The molecule has 2 heterocycles. The molecule has 1 aliphatic heterocycles. The van der Waals surface area contributed by atoms with Gasteiger partial charge in [-0.2, -0.15) is 0 Å². The van der Waals surface area contributed by atoms with Gasteiger partial charge in [-0.3, -0.25) is 4.79 Å². The number of benzene rings is 1. The van der Waals surface area contributed by atoms with E-state index in [9.17, 15) is 13.6 Å². The summed E-state index contributed by atoms with van der Waals surface area (Å²) < 4.78 is 27.9. The third-order valence-electron chi connectivity index (χ3n) is 3.56. The van der Waals surface area contributed by atoms with E-state index in [0.717, 1.165) is 37.2 Å².